The molecule has 98 valence electrons. The van der Waals surface area contributed by atoms with Gasteiger partial charge in [0.2, 0.25) is 5.88 Å². The van der Waals surface area contributed by atoms with E-state index >= 15 is 0 Å². The van der Waals surface area contributed by atoms with E-state index in [0.717, 1.165) is 22.9 Å². The van der Waals surface area contributed by atoms with Crippen molar-refractivity contribution in [2.24, 2.45) is 11.8 Å². The van der Waals surface area contributed by atoms with Crippen molar-refractivity contribution in [3.8, 4) is 5.88 Å². The Labute approximate surface area is 116 Å². The van der Waals surface area contributed by atoms with Crippen LogP contribution >= 0.6 is 15.9 Å². The van der Waals surface area contributed by atoms with Gasteiger partial charge < -0.3 is 9.84 Å². The molecule has 0 saturated heterocycles. The molecule has 0 saturated carbocycles. The lowest BCUT2D eigenvalue weighted by Crippen LogP contribution is -2.21. The molecule has 1 heterocycles. The molecule has 0 aliphatic heterocycles. The zero-order valence-electron chi connectivity index (χ0n) is 10.5. The van der Waals surface area contributed by atoms with Crippen LogP contribution in [0, 0.1) is 11.8 Å². The number of hydrogen-bond donors (Lipinski definition) is 1. The van der Waals surface area contributed by atoms with E-state index in [4.69, 9.17) is 4.74 Å². The highest BCUT2D eigenvalue weighted by molar-refractivity contribution is 9.10. The first-order chi connectivity index (χ1) is 8.70. The predicted octanol–water partition coefficient (Wildman–Crippen LogP) is 3.32. The van der Waals surface area contributed by atoms with E-state index in [9.17, 15) is 5.11 Å². The van der Waals surface area contributed by atoms with Gasteiger partial charge in [-0.15, -0.1) is 0 Å². The van der Waals surface area contributed by atoms with E-state index < -0.39 is 0 Å². The lowest BCUT2D eigenvalue weighted by Gasteiger charge is -2.25. The molecule has 0 spiro atoms. The van der Waals surface area contributed by atoms with Gasteiger partial charge in [-0.25, -0.2) is 4.98 Å². The summed E-state index contributed by atoms with van der Waals surface area (Å²) >= 11 is 3.34. The number of aliphatic hydroxyl groups excluding tert-OH is 1. The van der Waals surface area contributed by atoms with Gasteiger partial charge in [-0.1, -0.05) is 19.1 Å². The number of pyridine rings is 1. The van der Waals surface area contributed by atoms with Gasteiger partial charge in [-0.2, -0.15) is 0 Å². The molecule has 1 aromatic rings. The van der Waals surface area contributed by atoms with Crippen LogP contribution in [0.25, 0.3) is 0 Å². The summed E-state index contributed by atoms with van der Waals surface area (Å²) in [6.45, 7) is 2.86. The molecule has 3 nitrogen and oxygen atoms in total. The summed E-state index contributed by atoms with van der Waals surface area (Å²) < 4.78 is 6.62. The molecule has 2 unspecified atom stereocenters. The van der Waals surface area contributed by atoms with Crippen molar-refractivity contribution in [2.75, 3.05) is 6.61 Å². The third-order valence-corrected chi connectivity index (χ3v) is 3.85. The number of ether oxygens (including phenoxy) is 1. The number of nitrogens with zero attached hydrogens (tertiary/aromatic N) is 1. The summed E-state index contributed by atoms with van der Waals surface area (Å²) in [4.78, 5) is 4.21. The van der Waals surface area contributed by atoms with Crippen LogP contribution in [0.3, 0.4) is 0 Å². The Morgan fingerprint density at radius 2 is 2.22 bits per heavy atom. The first kappa shape index (κ1) is 13.6. The van der Waals surface area contributed by atoms with Crippen molar-refractivity contribution in [2.45, 2.75) is 26.4 Å². The molecule has 0 bridgehead atoms. The molecule has 2 atom stereocenters. The average molecular weight is 312 g/mol. The molecule has 1 aliphatic carbocycles. The molecule has 18 heavy (non-hydrogen) atoms. The molecule has 4 heteroatoms. The minimum Gasteiger partial charge on any atom is -0.477 e. The van der Waals surface area contributed by atoms with Crippen LogP contribution in [-0.4, -0.2) is 16.7 Å². The van der Waals surface area contributed by atoms with Gasteiger partial charge in [0.25, 0.3) is 0 Å². The van der Waals surface area contributed by atoms with Crippen LogP contribution in [-0.2, 0) is 6.61 Å². The number of halogens is 1. The lowest BCUT2D eigenvalue weighted by molar-refractivity contribution is 0.186. The molecule has 0 aromatic carbocycles. The normalized spacial score (nSPS) is 23.1. The van der Waals surface area contributed by atoms with Crippen LogP contribution < -0.4 is 4.74 Å². The SMILES string of the molecule is CC1CC=CCC1COc1ncc(Br)cc1CO. The summed E-state index contributed by atoms with van der Waals surface area (Å²) in [6, 6.07) is 1.84. The molecule has 0 amide bonds. The number of aromatic nitrogens is 1. The van der Waals surface area contributed by atoms with Gasteiger partial charge in [0.1, 0.15) is 0 Å². The van der Waals surface area contributed by atoms with Crippen molar-refractivity contribution in [1.29, 1.82) is 0 Å². The third-order valence-electron chi connectivity index (χ3n) is 3.41. The fourth-order valence-corrected chi connectivity index (χ4v) is 2.52. The van der Waals surface area contributed by atoms with Crippen LogP contribution in [0.1, 0.15) is 25.3 Å². The molecular formula is C14H18BrNO2. The maximum Gasteiger partial charge on any atom is 0.218 e. The highest BCUT2D eigenvalue weighted by Crippen LogP contribution is 2.27. The van der Waals surface area contributed by atoms with Gasteiger partial charge in [-0.05, 0) is 46.7 Å². The first-order valence-electron chi connectivity index (χ1n) is 6.23. The number of aliphatic hydroxyl groups is 1. The van der Waals surface area contributed by atoms with Gasteiger partial charge in [0.15, 0.2) is 0 Å². The summed E-state index contributed by atoms with van der Waals surface area (Å²) in [5, 5.41) is 9.28. The topological polar surface area (TPSA) is 42.4 Å². The quantitative estimate of drug-likeness (QED) is 0.867. The van der Waals surface area contributed by atoms with Gasteiger partial charge in [0.05, 0.1) is 13.2 Å². The second-order valence-corrected chi connectivity index (χ2v) is 5.68. The van der Waals surface area contributed by atoms with E-state index in [1.54, 1.807) is 6.20 Å². The Hall–Kier alpha value is -0.870. The molecule has 1 N–H and O–H groups in total. The minimum absolute atomic E-state index is 0.0537. The van der Waals surface area contributed by atoms with Crippen LogP contribution in [0.5, 0.6) is 5.88 Å². The maximum atomic E-state index is 9.28. The molecule has 0 fully saturated rings. The van der Waals surface area contributed by atoms with Gasteiger partial charge in [-0.3, -0.25) is 0 Å². The zero-order chi connectivity index (χ0) is 13.0. The van der Waals surface area contributed by atoms with Gasteiger partial charge >= 0.3 is 0 Å². The molecule has 2 rings (SSSR count). The van der Waals surface area contributed by atoms with Crippen molar-refractivity contribution >= 4 is 15.9 Å². The number of rotatable bonds is 4. The number of hydrogen-bond acceptors (Lipinski definition) is 3. The van der Waals surface area contributed by atoms with E-state index in [1.807, 2.05) is 6.07 Å². The molecule has 1 aromatic heterocycles. The van der Waals surface area contributed by atoms with Crippen LogP contribution in [0.4, 0.5) is 0 Å². The fraction of sp³-hybridized carbons (Fsp3) is 0.500. The highest BCUT2D eigenvalue weighted by Gasteiger charge is 2.19. The van der Waals surface area contributed by atoms with Crippen molar-refractivity contribution in [3.05, 3.63) is 34.5 Å². The lowest BCUT2D eigenvalue weighted by atomic mass is 9.85. The van der Waals surface area contributed by atoms with Crippen LogP contribution in [0.15, 0.2) is 28.9 Å². The summed E-state index contributed by atoms with van der Waals surface area (Å²) in [7, 11) is 0. The van der Waals surface area contributed by atoms with Gasteiger partial charge in [0, 0.05) is 16.2 Å². The Morgan fingerprint density at radius 3 is 2.94 bits per heavy atom. The Bertz CT molecular complexity index is 434. The Balaban J connectivity index is 1.99. The van der Waals surface area contributed by atoms with E-state index in [2.05, 4.69) is 40.0 Å². The summed E-state index contributed by atoms with van der Waals surface area (Å²) in [6.07, 6.45) is 8.33. The monoisotopic (exact) mass is 311 g/mol. The average Bonchev–Trinajstić information content (AvgIpc) is 2.39. The largest absolute Gasteiger partial charge is 0.477 e. The predicted molar refractivity (Wildman–Crippen MR) is 74.4 cm³/mol. The second-order valence-electron chi connectivity index (χ2n) is 4.77. The van der Waals surface area contributed by atoms with E-state index in [0.29, 0.717) is 24.3 Å². The zero-order valence-corrected chi connectivity index (χ0v) is 12.1. The third kappa shape index (κ3) is 3.33. The van der Waals surface area contributed by atoms with E-state index in [-0.39, 0.29) is 6.61 Å². The first-order valence-corrected chi connectivity index (χ1v) is 7.03. The molecule has 1 aliphatic rings. The summed E-state index contributed by atoms with van der Waals surface area (Å²) in [5.41, 5.74) is 0.725. The maximum absolute atomic E-state index is 9.28. The Kier molecular flexibility index (Phi) is 4.78. The minimum atomic E-state index is -0.0537. The standard InChI is InChI=1S/C14H18BrNO2/c1-10-4-2-3-5-11(10)9-18-14-12(8-17)6-13(15)7-16-14/h2-3,6-7,10-11,17H,4-5,8-9H2,1H3. The van der Waals surface area contributed by atoms with Crippen molar-refractivity contribution in [3.63, 3.8) is 0 Å². The Morgan fingerprint density at radius 1 is 1.44 bits per heavy atom. The summed E-state index contributed by atoms with van der Waals surface area (Å²) in [5.74, 6) is 1.72. The van der Waals surface area contributed by atoms with Crippen molar-refractivity contribution < 1.29 is 9.84 Å². The smallest absolute Gasteiger partial charge is 0.218 e. The number of allylic oxidation sites excluding steroid dienone is 2. The molecule has 0 radical (unpaired) electrons. The van der Waals surface area contributed by atoms with Crippen molar-refractivity contribution in [1.82, 2.24) is 4.98 Å². The highest BCUT2D eigenvalue weighted by atomic mass is 79.9. The van der Waals surface area contributed by atoms with Crippen LogP contribution in [0.2, 0.25) is 0 Å². The fourth-order valence-electron chi connectivity index (χ4n) is 2.14. The molecular weight excluding hydrogens is 294 g/mol. The second kappa shape index (κ2) is 6.34. The van der Waals surface area contributed by atoms with E-state index in [1.165, 1.54) is 0 Å².